The van der Waals surface area contributed by atoms with E-state index in [1.54, 1.807) is 37.4 Å². The van der Waals surface area contributed by atoms with Crippen molar-refractivity contribution in [2.24, 2.45) is 0 Å². The summed E-state index contributed by atoms with van der Waals surface area (Å²) in [6, 6.07) is 12.5. The predicted molar refractivity (Wildman–Crippen MR) is 104 cm³/mol. The van der Waals surface area contributed by atoms with E-state index in [2.05, 4.69) is 31.6 Å². The molecule has 6 heteroatoms. The van der Waals surface area contributed by atoms with Crippen LogP contribution in [0.4, 0.5) is 0 Å². The Balaban J connectivity index is 1.94. The van der Waals surface area contributed by atoms with Crippen LogP contribution >= 0.6 is 0 Å². The number of hydrogen-bond donors (Lipinski definition) is 2. The van der Waals surface area contributed by atoms with Gasteiger partial charge in [0, 0.05) is 17.2 Å². The quantitative estimate of drug-likeness (QED) is 0.794. The molecule has 0 aromatic heterocycles. The van der Waals surface area contributed by atoms with Gasteiger partial charge in [-0.2, -0.15) is 0 Å². The Morgan fingerprint density at radius 1 is 0.926 bits per heavy atom. The van der Waals surface area contributed by atoms with Crippen LogP contribution in [0.1, 0.15) is 42.3 Å². The van der Waals surface area contributed by atoms with E-state index >= 15 is 0 Å². The van der Waals surface area contributed by atoms with Gasteiger partial charge in [0.15, 0.2) is 0 Å². The number of methoxy groups -OCH3 is 2. The van der Waals surface area contributed by atoms with Gasteiger partial charge in [-0.15, -0.1) is 0 Å². The van der Waals surface area contributed by atoms with Crippen molar-refractivity contribution in [3.63, 3.8) is 0 Å². The highest BCUT2D eigenvalue weighted by molar-refractivity contribution is 5.95. The van der Waals surface area contributed by atoms with E-state index in [4.69, 9.17) is 9.47 Å². The van der Waals surface area contributed by atoms with Crippen LogP contribution in [0.15, 0.2) is 42.5 Å². The first-order valence-electron chi connectivity index (χ1n) is 8.65. The summed E-state index contributed by atoms with van der Waals surface area (Å²) >= 11 is 0. The molecule has 144 valence electrons. The molecule has 27 heavy (non-hydrogen) atoms. The Bertz CT molecular complexity index is 808. The van der Waals surface area contributed by atoms with Crippen molar-refractivity contribution >= 4 is 11.8 Å². The highest BCUT2D eigenvalue weighted by Crippen LogP contribution is 2.25. The molecule has 0 heterocycles. The second-order valence-electron chi connectivity index (χ2n) is 7.18. The molecular weight excluding hydrogens is 344 g/mol. The van der Waals surface area contributed by atoms with Crippen molar-refractivity contribution in [3.8, 4) is 11.5 Å². The number of benzene rings is 2. The third kappa shape index (κ3) is 5.48. The minimum Gasteiger partial charge on any atom is -0.497 e. The molecule has 0 saturated heterocycles. The van der Waals surface area contributed by atoms with Gasteiger partial charge in [0.25, 0.3) is 5.91 Å². The molecule has 2 N–H and O–H groups in total. The van der Waals surface area contributed by atoms with Crippen LogP contribution in [0.2, 0.25) is 0 Å². The highest BCUT2D eigenvalue weighted by atomic mass is 16.5. The smallest absolute Gasteiger partial charge is 0.269 e. The first kappa shape index (κ1) is 20.3. The summed E-state index contributed by atoms with van der Waals surface area (Å²) in [6.45, 7) is 6.32. The van der Waals surface area contributed by atoms with E-state index in [0.717, 1.165) is 5.56 Å². The third-order valence-corrected chi connectivity index (χ3v) is 4.17. The summed E-state index contributed by atoms with van der Waals surface area (Å²) in [4.78, 5) is 24.3. The molecule has 0 atom stereocenters. The summed E-state index contributed by atoms with van der Waals surface area (Å²) in [6.07, 6.45) is 0.0659. The number of hydrogen-bond acceptors (Lipinski definition) is 4. The molecule has 2 aromatic carbocycles. The largest absolute Gasteiger partial charge is 0.497 e. The maximum absolute atomic E-state index is 12.2. The number of ether oxygens (including phenoxy) is 2. The predicted octanol–water partition coefficient (Wildman–Crippen LogP) is 3.01. The third-order valence-electron chi connectivity index (χ3n) is 4.17. The molecular formula is C21H26N2O4. The van der Waals surface area contributed by atoms with Gasteiger partial charge < -0.3 is 9.47 Å². The van der Waals surface area contributed by atoms with E-state index in [1.165, 1.54) is 7.11 Å². The fourth-order valence-electron chi connectivity index (χ4n) is 2.54. The molecule has 2 rings (SSSR count). The molecule has 0 bridgehead atoms. The zero-order valence-electron chi connectivity index (χ0n) is 16.4. The fraction of sp³-hybridized carbons (Fsp3) is 0.333. The molecule has 0 radical (unpaired) electrons. The first-order valence-corrected chi connectivity index (χ1v) is 8.65. The number of carbonyl (C=O) groups excluding carboxylic acids is 2. The summed E-state index contributed by atoms with van der Waals surface area (Å²) in [5.74, 6) is 0.472. The summed E-state index contributed by atoms with van der Waals surface area (Å²) in [5.41, 5.74) is 7.18. The molecule has 2 amide bonds. The lowest BCUT2D eigenvalue weighted by molar-refractivity contribution is -0.121. The van der Waals surface area contributed by atoms with Crippen LogP contribution < -0.4 is 20.3 Å². The maximum Gasteiger partial charge on any atom is 0.269 e. The molecule has 2 aromatic rings. The van der Waals surface area contributed by atoms with Crippen LogP contribution in [0.25, 0.3) is 0 Å². The first-order chi connectivity index (χ1) is 12.7. The summed E-state index contributed by atoms with van der Waals surface area (Å²) in [5, 5.41) is 0. The Morgan fingerprint density at radius 3 is 2.15 bits per heavy atom. The molecule has 0 spiro atoms. The van der Waals surface area contributed by atoms with Crippen LogP contribution in [-0.2, 0) is 16.6 Å². The fourth-order valence-corrected chi connectivity index (χ4v) is 2.54. The average Bonchev–Trinajstić information content (AvgIpc) is 2.65. The van der Waals surface area contributed by atoms with Crippen LogP contribution in [-0.4, -0.2) is 26.0 Å². The topological polar surface area (TPSA) is 76.7 Å². The molecule has 0 fully saturated rings. The Kier molecular flexibility index (Phi) is 6.45. The van der Waals surface area contributed by atoms with Gasteiger partial charge in [0.05, 0.1) is 20.6 Å². The van der Waals surface area contributed by atoms with Gasteiger partial charge in [0.2, 0.25) is 5.91 Å². The van der Waals surface area contributed by atoms with Gasteiger partial charge >= 0.3 is 0 Å². The molecule has 0 aliphatic carbocycles. The van der Waals surface area contributed by atoms with Crippen molar-refractivity contribution in [2.45, 2.75) is 32.6 Å². The average molecular weight is 370 g/mol. The lowest BCUT2D eigenvalue weighted by atomic mass is 9.87. The normalized spacial score (nSPS) is 10.9. The van der Waals surface area contributed by atoms with Crippen molar-refractivity contribution in [3.05, 3.63) is 59.2 Å². The van der Waals surface area contributed by atoms with E-state index in [0.29, 0.717) is 22.6 Å². The molecule has 0 aliphatic rings. The monoisotopic (exact) mass is 370 g/mol. The van der Waals surface area contributed by atoms with E-state index in [-0.39, 0.29) is 23.7 Å². The molecule has 6 nitrogen and oxygen atoms in total. The Labute approximate surface area is 159 Å². The number of rotatable bonds is 5. The summed E-state index contributed by atoms with van der Waals surface area (Å²) < 4.78 is 10.4. The van der Waals surface area contributed by atoms with Gasteiger partial charge in [-0.1, -0.05) is 39.0 Å². The minimum atomic E-state index is -0.370. The van der Waals surface area contributed by atoms with Gasteiger partial charge in [-0.3, -0.25) is 20.4 Å². The van der Waals surface area contributed by atoms with Crippen molar-refractivity contribution in [1.82, 2.24) is 10.9 Å². The van der Waals surface area contributed by atoms with Gasteiger partial charge in [-0.05, 0) is 29.2 Å². The van der Waals surface area contributed by atoms with Crippen LogP contribution in [0.3, 0.4) is 0 Å². The lowest BCUT2D eigenvalue weighted by Gasteiger charge is -2.19. The lowest BCUT2D eigenvalue weighted by Crippen LogP contribution is -2.42. The number of nitrogens with one attached hydrogen (secondary N) is 2. The number of carbonyl (C=O) groups is 2. The highest BCUT2D eigenvalue weighted by Gasteiger charge is 2.15. The Morgan fingerprint density at radius 2 is 1.59 bits per heavy atom. The molecule has 0 saturated carbocycles. The van der Waals surface area contributed by atoms with E-state index < -0.39 is 0 Å². The van der Waals surface area contributed by atoms with Crippen molar-refractivity contribution in [1.29, 1.82) is 0 Å². The standard InChI is InChI=1S/C21H26N2O4/c1-21(2,3)16-9-6-14(7-10-16)20(25)23-22-19(24)12-15-8-11-17(26-4)13-18(15)27-5/h6-11,13H,12H2,1-5H3,(H,22,24)(H,23,25). The summed E-state index contributed by atoms with van der Waals surface area (Å²) in [7, 11) is 3.09. The zero-order chi connectivity index (χ0) is 20.0. The number of amides is 2. The number of hydrazine groups is 1. The Hall–Kier alpha value is -3.02. The van der Waals surface area contributed by atoms with Gasteiger partial charge in [0.1, 0.15) is 11.5 Å². The van der Waals surface area contributed by atoms with E-state index in [9.17, 15) is 9.59 Å². The minimum absolute atomic E-state index is 0.0145. The van der Waals surface area contributed by atoms with Gasteiger partial charge in [-0.25, -0.2) is 0 Å². The van der Waals surface area contributed by atoms with Crippen LogP contribution in [0.5, 0.6) is 11.5 Å². The second-order valence-corrected chi connectivity index (χ2v) is 7.18. The molecule has 0 unspecified atom stereocenters. The van der Waals surface area contributed by atoms with Crippen molar-refractivity contribution in [2.75, 3.05) is 14.2 Å². The van der Waals surface area contributed by atoms with E-state index in [1.807, 2.05) is 12.1 Å². The zero-order valence-corrected chi connectivity index (χ0v) is 16.4. The second kappa shape index (κ2) is 8.58. The van der Waals surface area contributed by atoms with Crippen LogP contribution in [0, 0.1) is 0 Å². The van der Waals surface area contributed by atoms with Crippen molar-refractivity contribution < 1.29 is 19.1 Å². The SMILES string of the molecule is COc1ccc(CC(=O)NNC(=O)c2ccc(C(C)(C)C)cc2)c(OC)c1. The maximum atomic E-state index is 12.2. The molecule has 0 aliphatic heterocycles.